The van der Waals surface area contributed by atoms with Gasteiger partial charge in [-0.3, -0.25) is 9.59 Å². The third kappa shape index (κ3) is 4.25. The van der Waals surface area contributed by atoms with Crippen LogP contribution in [0.4, 0.5) is 0 Å². The number of likely N-dealkylation sites (tertiary alicyclic amines) is 1. The number of aliphatic hydroxyl groups excluding tert-OH is 1. The first-order valence-corrected chi connectivity index (χ1v) is 10.1. The van der Waals surface area contributed by atoms with Crippen molar-refractivity contribution in [3.05, 3.63) is 76.9 Å². The Hall–Kier alpha value is -2.92. The zero-order chi connectivity index (χ0) is 21.0. The van der Waals surface area contributed by atoms with E-state index in [1.54, 1.807) is 17.0 Å². The van der Waals surface area contributed by atoms with Gasteiger partial charge in [0, 0.05) is 18.7 Å². The third-order valence-electron chi connectivity index (χ3n) is 5.53. The minimum atomic E-state index is -0.628. The Bertz CT molecular complexity index is 899. The van der Waals surface area contributed by atoms with Gasteiger partial charge >= 0.3 is 0 Å². The maximum atomic E-state index is 12.9. The molecule has 1 fully saturated rings. The molecule has 2 aromatic carbocycles. The molecule has 1 saturated heterocycles. The highest BCUT2D eigenvalue weighted by molar-refractivity contribution is 6.46. The van der Waals surface area contributed by atoms with Crippen molar-refractivity contribution in [1.29, 1.82) is 0 Å². The normalized spacial score (nSPS) is 18.6. The molecule has 3 rings (SSSR count). The number of nitrogens with zero attached hydrogens (tertiary/aromatic N) is 2. The van der Waals surface area contributed by atoms with Crippen molar-refractivity contribution < 1.29 is 14.7 Å². The van der Waals surface area contributed by atoms with Crippen molar-refractivity contribution in [2.75, 3.05) is 26.2 Å². The fourth-order valence-electron chi connectivity index (χ4n) is 3.75. The first-order chi connectivity index (χ1) is 14.0. The Kier molecular flexibility index (Phi) is 6.49. The molecule has 0 unspecified atom stereocenters. The predicted octanol–water partition coefficient (Wildman–Crippen LogP) is 3.76. The van der Waals surface area contributed by atoms with Crippen LogP contribution in [0.5, 0.6) is 0 Å². The molecular weight excluding hydrogens is 364 g/mol. The van der Waals surface area contributed by atoms with E-state index in [9.17, 15) is 14.7 Å². The summed E-state index contributed by atoms with van der Waals surface area (Å²) in [4.78, 5) is 29.6. The van der Waals surface area contributed by atoms with Gasteiger partial charge in [0.25, 0.3) is 11.7 Å². The number of hydrogen-bond acceptors (Lipinski definition) is 4. The monoisotopic (exact) mass is 392 g/mol. The van der Waals surface area contributed by atoms with E-state index in [0.29, 0.717) is 18.7 Å². The minimum absolute atomic E-state index is 0.123. The molecule has 1 N–H and O–H groups in total. The topological polar surface area (TPSA) is 60.9 Å². The Morgan fingerprint density at radius 1 is 1.00 bits per heavy atom. The first-order valence-electron chi connectivity index (χ1n) is 10.1. The molecule has 1 amide bonds. The third-order valence-corrected chi connectivity index (χ3v) is 5.53. The van der Waals surface area contributed by atoms with Gasteiger partial charge < -0.3 is 14.9 Å². The summed E-state index contributed by atoms with van der Waals surface area (Å²) < 4.78 is 0. The van der Waals surface area contributed by atoms with Crippen LogP contribution in [-0.2, 0) is 9.59 Å². The van der Waals surface area contributed by atoms with E-state index in [1.807, 2.05) is 49.4 Å². The van der Waals surface area contributed by atoms with Gasteiger partial charge in [-0.05, 0) is 25.6 Å². The fraction of sp³-hybridized carbons (Fsp3) is 0.333. The van der Waals surface area contributed by atoms with E-state index in [4.69, 9.17) is 0 Å². The van der Waals surface area contributed by atoms with Crippen LogP contribution >= 0.6 is 0 Å². The maximum absolute atomic E-state index is 12.9. The molecule has 0 aliphatic carbocycles. The summed E-state index contributed by atoms with van der Waals surface area (Å²) in [6.45, 7) is 8.96. The van der Waals surface area contributed by atoms with Crippen molar-refractivity contribution >= 4 is 17.4 Å². The molecule has 0 aromatic heterocycles. The van der Waals surface area contributed by atoms with Gasteiger partial charge in [0.05, 0.1) is 11.6 Å². The number of carbonyl (C=O) groups excluding carboxylic acids is 2. The summed E-state index contributed by atoms with van der Waals surface area (Å²) in [5, 5.41) is 11.0. The average molecular weight is 392 g/mol. The Balaban J connectivity index is 2.06. The molecule has 152 valence electrons. The molecule has 1 heterocycles. The maximum Gasteiger partial charge on any atom is 0.295 e. The lowest BCUT2D eigenvalue weighted by atomic mass is 9.95. The number of Topliss-reactive ketones (excluding diaryl/α,β-unsaturated/α-hetero) is 1. The average Bonchev–Trinajstić information content (AvgIpc) is 3.00. The second-order valence-electron chi connectivity index (χ2n) is 7.30. The molecular formula is C24H28N2O3. The molecule has 2 aromatic rings. The van der Waals surface area contributed by atoms with Crippen molar-refractivity contribution in [2.24, 2.45) is 0 Å². The number of aryl methyl sites for hydroxylation is 1. The van der Waals surface area contributed by atoms with Crippen molar-refractivity contribution in [2.45, 2.75) is 26.8 Å². The highest BCUT2D eigenvalue weighted by Crippen LogP contribution is 2.39. The largest absolute Gasteiger partial charge is 0.507 e. The van der Waals surface area contributed by atoms with E-state index >= 15 is 0 Å². The van der Waals surface area contributed by atoms with Crippen LogP contribution in [0.2, 0.25) is 0 Å². The fourth-order valence-corrected chi connectivity index (χ4v) is 3.75. The van der Waals surface area contributed by atoms with Gasteiger partial charge in [0.1, 0.15) is 5.76 Å². The van der Waals surface area contributed by atoms with Crippen LogP contribution in [0, 0.1) is 6.92 Å². The van der Waals surface area contributed by atoms with Gasteiger partial charge in [-0.1, -0.05) is 74.0 Å². The molecule has 1 atom stereocenters. The molecule has 0 saturated carbocycles. The lowest BCUT2D eigenvalue weighted by Crippen LogP contribution is -2.38. The summed E-state index contributed by atoms with van der Waals surface area (Å²) >= 11 is 0. The standard InChI is InChI=1S/C24H28N2O3/c1-4-25(5-2)15-16-26-21(18-9-7-6-8-10-18)20(23(28)24(26)29)22(27)19-13-11-17(3)12-14-19/h6-14,21,27H,4-5,15-16H2,1-3H3/b22-20+/t21-/m1/s1. The SMILES string of the molecule is CCN(CC)CCN1C(=O)C(=O)/C(=C(/O)c2ccc(C)cc2)[C@H]1c1ccccc1. The quantitative estimate of drug-likeness (QED) is 0.443. The molecule has 0 radical (unpaired) electrons. The van der Waals surface area contributed by atoms with E-state index < -0.39 is 17.7 Å². The Morgan fingerprint density at radius 3 is 2.21 bits per heavy atom. The number of carbonyl (C=O) groups is 2. The smallest absolute Gasteiger partial charge is 0.295 e. The number of benzene rings is 2. The van der Waals surface area contributed by atoms with Crippen LogP contribution in [-0.4, -0.2) is 52.8 Å². The van der Waals surface area contributed by atoms with Gasteiger partial charge in [-0.25, -0.2) is 0 Å². The van der Waals surface area contributed by atoms with E-state index in [1.165, 1.54) is 0 Å². The highest BCUT2D eigenvalue weighted by atomic mass is 16.3. The number of amides is 1. The Morgan fingerprint density at radius 2 is 1.62 bits per heavy atom. The molecule has 29 heavy (non-hydrogen) atoms. The summed E-state index contributed by atoms with van der Waals surface area (Å²) in [5.74, 6) is -1.31. The molecule has 1 aliphatic heterocycles. The van der Waals surface area contributed by atoms with Gasteiger partial charge in [-0.15, -0.1) is 0 Å². The van der Waals surface area contributed by atoms with Gasteiger partial charge in [0.15, 0.2) is 0 Å². The second kappa shape index (κ2) is 9.05. The lowest BCUT2D eigenvalue weighted by molar-refractivity contribution is -0.140. The van der Waals surface area contributed by atoms with Crippen LogP contribution in [0.3, 0.4) is 0 Å². The predicted molar refractivity (Wildman–Crippen MR) is 114 cm³/mol. The Labute approximate surface area is 172 Å². The van der Waals surface area contributed by atoms with Crippen molar-refractivity contribution in [3.63, 3.8) is 0 Å². The zero-order valence-electron chi connectivity index (χ0n) is 17.3. The van der Waals surface area contributed by atoms with Crippen LogP contribution in [0.15, 0.2) is 60.2 Å². The molecule has 0 bridgehead atoms. The van der Waals surface area contributed by atoms with Gasteiger partial charge in [0.2, 0.25) is 0 Å². The van der Waals surface area contributed by atoms with Crippen molar-refractivity contribution in [3.8, 4) is 0 Å². The lowest BCUT2D eigenvalue weighted by Gasteiger charge is -2.28. The summed E-state index contributed by atoms with van der Waals surface area (Å²) in [7, 11) is 0. The number of ketones is 1. The molecule has 5 nitrogen and oxygen atoms in total. The van der Waals surface area contributed by atoms with E-state index in [0.717, 1.165) is 24.2 Å². The number of likely N-dealkylation sites (N-methyl/N-ethyl adjacent to an activating group) is 1. The highest BCUT2D eigenvalue weighted by Gasteiger charge is 2.45. The van der Waals surface area contributed by atoms with E-state index in [-0.39, 0.29) is 11.3 Å². The van der Waals surface area contributed by atoms with Gasteiger partial charge in [-0.2, -0.15) is 0 Å². The molecule has 5 heteroatoms. The molecule has 1 aliphatic rings. The van der Waals surface area contributed by atoms with Crippen LogP contribution in [0.25, 0.3) is 5.76 Å². The first kappa shape index (κ1) is 20.8. The summed E-state index contributed by atoms with van der Waals surface area (Å²) in [6, 6.07) is 16.2. The minimum Gasteiger partial charge on any atom is -0.507 e. The number of aliphatic hydroxyl groups is 1. The number of hydrogen-bond donors (Lipinski definition) is 1. The molecule has 0 spiro atoms. The summed E-state index contributed by atoms with van der Waals surface area (Å²) in [5.41, 5.74) is 2.57. The van der Waals surface area contributed by atoms with E-state index in [2.05, 4.69) is 18.7 Å². The zero-order valence-corrected chi connectivity index (χ0v) is 17.3. The van der Waals surface area contributed by atoms with Crippen LogP contribution in [0.1, 0.15) is 36.6 Å². The number of rotatable bonds is 7. The van der Waals surface area contributed by atoms with Crippen molar-refractivity contribution in [1.82, 2.24) is 9.80 Å². The second-order valence-corrected chi connectivity index (χ2v) is 7.30. The summed E-state index contributed by atoms with van der Waals surface area (Å²) in [6.07, 6.45) is 0. The van der Waals surface area contributed by atoms with Crippen LogP contribution < -0.4 is 0 Å².